The van der Waals surface area contributed by atoms with Crippen LogP contribution in [0.25, 0.3) is 0 Å². The Hall–Kier alpha value is -4.07. The zero-order chi connectivity index (χ0) is 26.5. The van der Waals surface area contributed by atoms with Gasteiger partial charge in [-0.15, -0.1) is 0 Å². The van der Waals surface area contributed by atoms with E-state index in [4.69, 9.17) is 4.74 Å². The summed E-state index contributed by atoms with van der Waals surface area (Å²) in [7, 11) is 0. The van der Waals surface area contributed by atoms with Crippen LogP contribution < -0.4 is 14.5 Å². The van der Waals surface area contributed by atoms with Gasteiger partial charge in [0, 0.05) is 56.6 Å². The topological polar surface area (TPSA) is 79.2 Å². The Morgan fingerprint density at radius 2 is 1.66 bits per heavy atom. The maximum Gasteiger partial charge on any atom is 0.292 e. The van der Waals surface area contributed by atoms with E-state index >= 15 is 0 Å². The van der Waals surface area contributed by atoms with E-state index in [1.165, 1.54) is 11.1 Å². The summed E-state index contributed by atoms with van der Waals surface area (Å²) in [6, 6.07) is 21.1. The Morgan fingerprint density at radius 1 is 0.921 bits per heavy atom. The molecule has 2 aliphatic heterocycles. The van der Waals surface area contributed by atoms with Crippen LogP contribution in [0.3, 0.4) is 0 Å². The summed E-state index contributed by atoms with van der Waals surface area (Å²) in [6.45, 7) is 6.74. The third-order valence-electron chi connectivity index (χ3n) is 7.43. The van der Waals surface area contributed by atoms with Crippen LogP contribution in [0.5, 0.6) is 5.75 Å². The predicted octanol–water partition coefficient (Wildman–Crippen LogP) is 5.30. The van der Waals surface area contributed by atoms with Gasteiger partial charge in [0.25, 0.3) is 11.6 Å². The SMILES string of the molecule is CCCCOc1ccc(C(=O)N2CCN(c3ccc([N+](=O)[O-])c(N4CCc5ccccc5C4)c3)CC2)cc1. The minimum atomic E-state index is -0.295. The second-order valence-electron chi connectivity index (χ2n) is 9.88. The molecular formula is C30H34N4O4. The zero-order valence-electron chi connectivity index (χ0n) is 21.8. The number of fused-ring (bicyclic) bond motifs is 1. The third kappa shape index (κ3) is 5.59. The van der Waals surface area contributed by atoms with Crippen LogP contribution >= 0.6 is 0 Å². The standard InChI is InChI=1S/C30H34N4O4/c1-2-3-20-38-27-11-8-24(9-12-27)30(35)32-18-16-31(17-19-32)26-10-13-28(34(36)37)29(21-26)33-15-14-23-6-4-5-7-25(23)22-33/h4-13,21H,2-3,14-20,22H2,1H3. The van der Waals surface area contributed by atoms with E-state index in [0.29, 0.717) is 50.6 Å². The summed E-state index contributed by atoms with van der Waals surface area (Å²) in [6.07, 6.45) is 2.95. The average molecular weight is 515 g/mol. The summed E-state index contributed by atoms with van der Waals surface area (Å²) in [5.41, 5.74) is 4.91. The normalized spacial score (nSPS) is 15.2. The van der Waals surface area contributed by atoms with Crippen LogP contribution in [-0.4, -0.2) is 55.1 Å². The van der Waals surface area contributed by atoms with Crippen LogP contribution in [0, 0.1) is 10.1 Å². The third-order valence-corrected chi connectivity index (χ3v) is 7.43. The number of carbonyl (C=O) groups excluding carboxylic acids is 1. The first-order valence-corrected chi connectivity index (χ1v) is 13.4. The number of carbonyl (C=O) groups is 1. The number of nitro groups is 1. The molecule has 0 atom stereocenters. The van der Waals surface area contributed by atoms with Crippen LogP contribution in [0.15, 0.2) is 66.7 Å². The van der Waals surface area contributed by atoms with E-state index in [9.17, 15) is 14.9 Å². The molecule has 8 nitrogen and oxygen atoms in total. The van der Waals surface area contributed by atoms with Gasteiger partial charge in [-0.3, -0.25) is 14.9 Å². The summed E-state index contributed by atoms with van der Waals surface area (Å²) in [5, 5.41) is 11.9. The Morgan fingerprint density at radius 3 is 2.37 bits per heavy atom. The first-order chi connectivity index (χ1) is 18.5. The molecule has 2 aliphatic rings. The Kier molecular flexibility index (Phi) is 7.77. The lowest BCUT2D eigenvalue weighted by molar-refractivity contribution is -0.384. The molecule has 0 N–H and O–H groups in total. The van der Waals surface area contributed by atoms with Crippen molar-refractivity contribution in [1.82, 2.24) is 4.90 Å². The minimum Gasteiger partial charge on any atom is -0.494 e. The number of unbranched alkanes of at least 4 members (excludes halogenated alkanes) is 1. The Labute approximate surface area is 223 Å². The molecule has 0 aromatic heterocycles. The van der Waals surface area contributed by atoms with Gasteiger partial charge < -0.3 is 19.4 Å². The quantitative estimate of drug-likeness (QED) is 0.231. The van der Waals surface area contributed by atoms with E-state index in [1.807, 2.05) is 53.4 Å². The monoisotopic (exact) mass is 514 g/mol. The molecule has 3 aromatic carbocycles. The summed E-state index contributed by atoms with van der Waals surface area (Å²) >= 11 is 0. The molecule has 5 rings (SSSR count). The molecule has 8 heteroatoms. The van der Waals surface area contributed by atoms with Gasteiger partial charge in [-0.1, -0.05) is 37.6 Å². The van der Waals surface area contributed by atoms with E-state index in [1.54, 1.807) is 6.07 Å². The molecule has 3 aromatic rings. The van der Waals surface area contributed by atoms with Crippen molar-refractivity contribution in [3.8, 4) is 5.75 Å². The lowest BCUT2D eigenvalue weighted by Gasteiger charge is -2.37. The van der Waals surface area contributed by atoms with Crippen molar-refractivity contribution in [2.45, 2.75) is 32.7 Å². The number of hydrogen-bond acceptors (Lipinski definition) is 6. The smallest absolute Gasteiger partial charge is 0.292 e. The van der Waals surface area contributed by atoms with Gasteiger partial charge in [-0.2, -0.15) is 0 Å². The maximum absolute atomic E-state index is 13.1. The van der Waals surface area contributed by atoms with Crippen LogP contribution in [0.4, 0.5) is 17.1 Å². The van der Waals surface area contributed by atoms with Gasteiger partial charge in [0.15, 0.2) is 0 Å². The number of hydrogen-bond donors (Lipinski definition) is 0. The molecule has 0 spiro atoms. The minimum absolute atomic E-state index is 0.0149. The second-order valence-corrected chi connectivity index (χ2v) is 9.88. The van der Waals surface area contributed by atoms with Gasteiger partial charge in [-0.25, -0.2) is 0 Å². The number of rotatable bonds is 8. The fourth-order valence-electron chi connectivity index (χ4n) is 5.20. The lowest BCUT2D eigenvalue weighted by atomic mass is 9.99. The van der Waals surface area contributed by atoms with Crippen molar-refractivity contribution in [1.29, 1.82) is 0 Å². The molecule has 1 saturated heterocycles. The van der Waals surface area contributed by atoms with E-state index < -0.39 is 0 Å². The lowest BCUT2D eigenvalue weighted by Crippen LogP contribution is -2.48. The first-order valence-electron chi connectivity index (χ1n) is 13.4. The molecule has 0 radical (unpaired) electrons. The highest BCUT2D eigenvalue weighted by molar-refractivity contribution is 5.94. The molecule has 0 bridgehead atoms. The molecule has 0 unspecified atom stereocenters. The summed E-state index contributed by atoms with van der Waals surface area (Å²) in [5.74, 6) is 0.798. The average Bonchev–Trinajstić information content (AvgIpc) is 2.97. The highest BCUT2D eigenvalue weighted by Crippen LogP contribution is 2.36. The van der Waals surface area contributed by atoms with Crippen LogP contribution in [0.1, 0.15) is 41.3 Å². The molecule has 38 heavy (non-hydrogen) atoms. The molecule has 1 fully saturated rings. The molecule has 1 amide bonds. The van der Waals surface area contributed by atoms with Crippen molar-refractivity contribution >= 4 is 23.0 Å². The van der Waals surface area contributed by atoms with E-state index in [2.05, 4.69) is 28.9 Å². The van der Waals surface area contributed by atoms with Crippen molar-refractivity contribution in [3.63, 3.8) is 0 Å². The van der Waals surface area contributed by atoms with Crippen molar-refractivity contribution in [3.05, 3.63) is 93.5 Å². The van der Waals surface area contributed by atoms with Crippen LogP contribution in [0.2, 0.25) is 0 Å². The fraction of sp³-hybridized carbons (Fsp3) is 0.367. The molecule has 0 aliphatic carbocycles. The second kappa shape index (κ2) is 11.5. The molecular weight excluding hydrogens is 480 g/mol. The highest BCUT2D eigenvalue weighted by Gasteiger charge is 2.27. The highest BCUT2D eigenvalue weighted by atomic mass is 16.6. The van der Waals surface area contributed by atoms with Crippen molar-refractivity contribution in [2.24, 2.45) is 0 Å². The van der Waals surface area contributed by atoms with Crippen molar-refractivity contribution < 1.29 is 14.5 Å². The Balaban J connectivity index is 1.25. The fourth-order valence-corrected chi connectivity index (χ4v) is 5.20. The zero-order valence-corrected chi connectivity index (χ0v) is 21.8. The predicted molar refractivity (Wildman–Crippen MR) is 149 cm³/mol. The van der Waals surface area contributed by atoms with Gasteiger partial charge in [0.05, 0.1) is 11.5 Å². The maximum atomic E-state index is 13.1. The molecule has 2 heterocycles. The largest absolute Gasteiger partial charge is 0.494 e. The molecule has 0 saturated carbocycles. The number of ether oxygens (including phenoxy) is 1. The van der Waals surface area contributed by atoms with Gasteiger partial charge in [0.2, 0.25) is 0 Å². The van der Waals surface area contributed by atoms with Crippen molar-refractivity contribution in [2.75, 3.05) is 49.1 Å². The summed E-state index contributed by atoms with van der Waals surface area (Å²) < 4.78 is 5.71. The van der Waals surface area contributed by atoms with Gasteiger partial charge in [-0.05, 0) is 60.4 Å². The number of amides is 1. The number of nitro benzene ring substituents is 1. The van der Waals surface area contributed by atoms with Crippen LogP contribution in [-0.2, 0) is 13.0 Å². The number of anilines is 2. The first kappa shape index (κ1) is 25.6. The van der Waals surface area contributed by atoms with Gasteiger partial charge >= 0.3 is 0 Å². The number of nitrogens with zero attached hydrogens (tertiary/aromatic N) is 4. The Bertz CT molecular complexity index is 1290. The summed E-state index contributed by atoms with van der Waals surface area (Å²) in [4.78, 5) is 30.8. The number of benzene rings is 3. The molecule has 198 valence electrons. The number of piperazine rings is 1. The van der Waals surface area contributed by atoms with E-state index in [-0.39, 0.29) is 16.5 Å². The van der Waals surface area contributed by atoms with E-state index in [0.717, 1.165) is 37.2 Å². The van der Waals surface area contributed by atoms with Gasteiger partial charge in [0.1, 0.15) is 11.4 Å².